The standard InChI is InChI=1S/C23H29N3O3S/c1-3-17(2)22(23-24-19-13-7-8-14-20(19)25-23)26-21(27)16-30(28,29)15-9-12-18-10-5-4-6-11-18/h4-8,10-11,13-14,17,22H,3,9,12,15-16H2,1-2H3,(H,24,25)(H,26,27). The van der Waals surface area contributed by atoms with Crippen LogP contribution in [0.1, 0.15) is 44.1 Å². The monoisotopic (exact) mass is 427 g/mol. The van der Waals surface area contributed by atoms with E-state index in [0.29, 0.717) is 18.7 Å². The number of hydrogen-bond acceptors (Lipinski definition) is 4. The molecule has 3 rings (SSSR count). The summed E-state index contributed by atoms with van der Waals surface area (Å²) in [4.78, 5) is 20.4. The predicted molar refractivity (Wildman–Crippen MR) is 120 cm³/mol. The number of hydrogen-bond donors (Lipinski definition) is 2. The number of nitrogens with one attached hydrogen (secondary N) is 2. The number of aromatic amines is 1. The highest BCUT2D eigenvalue weighted by Crippen LogP contribution is 2.24. The molecular formula is C23H29N3O3S. The molecule has 2 unspecified atom stereocenters. The van der Waals surface area contributed by atoms with E-state index >= 15 is 0 Å². The predicted octanol–water partition coefficient (Wildman–Crippen LogP) is 3.81. The molecule has 1 heterocycles. The summed E-state index contributed by atoms with van der Waals surface area (Å²) >= 11 is 0. The lowest BCUT2D eigenvalue weighted by atomic mass is 9.98. The molecular weight excluding hydrogens is 398 g/mol. The molecule has 3 aromatic rings. The maximum absolute atomic E-state index is 12.6. The van der Waals surface area contributed by atoms with Gasteiger partial charge in [-0.3, -0.25) is 4.79 Å². The minimum absolute atomic E-state index is 0.00600. The van der Waals surface area contributed by atoms with Gasteiger partial charge in [0.05, 0.1) is 22.8 Å². The third-order valence-corrected chi connectivity index (χ3v) is 6.96. The van der Waals surface area contributed by atoms with Crippen molar-refractivity contribution in [2.75, 3.05) is 11.5 Å². The highest BCUT2D eigenvalue weighted by molar-refractivity contribution is 7.92. The second kappa shape index (κ2) is 9.89. The Bertz CT molecular complexity index is 1040. The van der Waals surface area contributed by atoms with Crippen molar-refractivity contribution in [3.05, 3.63) is 66.0 Å². The first kappa shape index (κ1) is 22.0. The lowest BCUT2D eigenvalue weighted by Crippen LogP contribution is -2.37. The zero-order chi connectivity index (χ0) is 21.6. The van der Waals surface area contributed by atoms with Crippen LogP contribution in [0.4, 0.5) is 0 Å². The van der Waals surface area contributed by atoms with Crippen molar-refractivity contribution < 1.29 is 13.2 Å². The van der Waals surface area contributed by atoms with E-state index in [2.05, 4.69) is 15.3 Å². The zero-order valence-electron chi connectivity index (χ0n) is 17.5. The van der Waals surface area contributed by atoms with Crippen LogP contribution in [0.2, 0.25) is 0 Å². The molecule has 0 aliphatic carbocycles. The van der Waals surface area contributed by atoms with Crippen molar-refractivity contribution in [2.45, 2.75) is 39.2 Å². The first-order valence-electron chi connectivity index (χ1n) is 10.4. The first-order valence-corrected chi connectivity index (χ1v) is 12.2. The van der Waals surface area contributed by atoms with Crippen molar-refractivity contribution in [1.29, 1.82) is 0 Å². The first-order chi connectivity index (χ1) is 14.4. The van der Waals surface area contributed by atoms with Crippen LogP contribution in [0.3, 0.4) is 0 Å². The van der Waals surface area contributed by atoms with Crippen LogP contribution in [0.25, 0.3) is 11.0 Å². The fourth-order valence-electron chi connectivity index (χ4n) is 3.46. The number of aryl methyl sites for hydroxylation is 1. The number of para-hydroxylation sites is 2. The van der Waals surface area contributed by atoms with E-state index in [1.54, 1.807) is 0 Å². The number of fused-ring (bicyclic) bond motifs is 1. The van der Waals surface area contributed by atoms with Gasteiger partial charge in [0.15, 0.2) is 9.84 Å². The van der Waals surface area contributed by atoms with Crippen molar-refractivity contribution in [2.24, 2.45) is 5.92 Å². The van der Waals surface area contributed by atoms with Crippen LogP contribution in [-0.2, 0) is 21.1 Å². The fourth-order valence-corrected chi connectivity index (χ4v) is 4.67. The average Bonchev–Trinajstić information content (AvgIpc) is 3.15. The largest absolute Gasteiger partial charge is 0.345 e. The van der Waals surface area contributed by atoms with Gasteiger partial charge in [0.1, 0.15) is 11.6 Å². The van der Waals surface area contributed by atoms with E-state index < -0.39 is 21.5 Å². The molecule has 30 heavy (non-hydrogen) atoms. The van der Waals surface area contributed by atoms with Crippen LogP contribution in [0.5, 0.6) is 0 Å². The Kier molecular flexibility index (Phi) is 7.26. The van der Waals surface area contributed by atoms with Crippen LogP contribution < -0.4 is 5.32 Å². The van der Waals surface area contributed by atoms with E-state index in [1.807, 2.05) is 68.4 Å². The number of imidazole rings is 1. The van der Waals surface area contributed by atoms with Gasteiger partial charge in [-0.25, -0.2) is 13.4 Å². The number of amides is 1. The summed E-state index contributed by atoms with van der Waals surface area (Å²) in [5, 5.41) is 2.90. The number of rotatable bonds is 10. The highest BCUT2D eigenvalue weighted by atomic mass is 32.2. The summed E-state index contributed by atoms with van der Waals surface area (Å²) in [5.41, 5.74) is 2.81. The average molecular weight is 428 g/mol. The maximum Gasteiger partial charge on any atom is 0.235 e. The van der Waals surface area contributed by atoms with Gasteiger partial charge < -0.3 is 10.3 Å². The van der Waals surface area contributed by atoms with E-state index in [-0.39, 0.29) is 17.7 Å². The van der Waals surface area contributed by atoms with Crippen molar-refractivity contribution in [1.82, 2.24) is 15.3 Å². The summed E-state index contributed by atoms with van der Waals surface area (Å²) in [5.74, 6) is -0.237. The summed E-state index contributed by atoms with van der Waals surface area (Å²) in [7, 11) is -3.48. The molecule has 1 amide bonds. The Balaban J connectivity index is 1.62. The third kappa shape index (κ3) is 5.92. The summed E-state index contributed by atoms with van der Waals surface area (Å²) in [6, 6.07) is 17.0. The summed E-state index contributed by atoms with van der Waals surface area (Å²) < 4.78 is 24.9. The van der Waals surface area contributed by atoms with Gasteiger partial charge in [-0.15, -0.1) is 0 Å². The smallest absolute Gasteiger partial charge is 0.235 e. The van der Waals surface area contributed by atoms with Crippen molar-refractivity contribution in [3.63, 3.8) is 0 Å². The highest BCUT2D eigenvalue weighted by Gasteiger charge is 2.26. The molecule has 0 bridgehead atoms. The van der Waals surface area contributed by atoms with Gasteiger partial charge in [-0.1, -0.05) is 62.7 Å². The molecule has 160 valence electrons. The fraction of sp³-hybridized carbons (Fsp3) is 0.391. The van der Waals surface area contributed by atoms with Crippen molar-refractivity contribution in [3.8, 4) is 0 Å². The lowest BCUT2D eigenvalue weighted by molar-refractivity contribution is -0.119. The van der Waals surface area contributed by atoms with Crippen LogP contribution in [-0.4, -0.2) is 35.8 Å². The number of benzene rings is 2. The van der Waals surface area contributed by atoms with E-state index in [4.69, 9.17) is 0 Å². The molecule has 7 heteroatoms. The van der Waals surface area contributed by atoms with Gasteiger partial charge >= 0.3 is 0 Å². The maximum atomic E-state index is 12.6. The number of sulfone groups is 1. The van der Waals surface area contributed by atoms with Crippen LogP contribution in [0.15, 0.2) is 54.6 Å². The SMILES string of the molecule is CCC(C)C(NC(=O)CS(=O)(=O)CCCc1ccccc1)c1nc2ccccc2[nH]1. The molecule has 0 aliphatic rings. The van der Waals surface area contributed by atoms with E-state index in [0.717, 1.165) is 23.0 Å². The Hall–Kier alpha value is -2.67. The quantitative estimate of drug-likeness (QED) is 0.515. The van der Waals surface area contributed by atoms with Crippen molar-refractivity contribution >= 4 is 26.8 Å². The normalized spacial score (nSPS) is 13.8. The number of nitrogens with zero attached hydrogens (tertiary/aromatic N) is 1. The third-order valence-electron chi connectivity index (χ3n) is 5.35. The second-order valence-electron chi connectivity index (χ2n) is 7.75. The number of carbonyl (C=O) groups excluding carboxylic acids is 1. The topological polar surface area (TPSA) is 91.9 Å². The lowest BCUT2D eigenvalue weighted by Gasteiger charge is -2.22. The molecule has 0 radical (unpaired) electrons. The molecule has 0 aliphatic heterocycles. The van der Waals surface area contributed by atoms with Gasteiger partial charge in [-0.2, -0.15) is 0 Å². The minimum atomic E-state index is -3.48. The van der Waals surface area contributed by atoms with Crippen LogP contribution in [0, 0.1) is 5.92 Å². The number of carbonyl (C=O) groups is 1. The zero-order valence-corrected chi connectivity index (χ0v) is 18.3. The van der Waals surface area contributed by atoms with E-state index in [1.165, 1.54) is 0 Å². The summed E-state index contributed by atoms with van der Waals surface area (Å²) in [6.07, 6.45) is 2.00. The Morgan fingerprint density at radius 1 is 1.10 bits per heavy atom. The number of H-pyrrole nitrogens is 1. The van der Waals surface area contributed by atoms with Gasteiger partial charge in [0, 0.05) is 0 Å². The van der Waals surface area contributed by atoms with Gasteiger partial charge in [-0.05, 0) is 36.5 Å². The Morgan fingerprint density at radius 3 is 2.50 bits per heavy atom. The van der Waals surface area contributed by atoms with Gasteiger partial charge in [0.25, 0.3) is 0 Å². The second-order valence-corrected chi connectivity index (χ2v) is 9.94. The Morgan fingerprint density at radius 2 is 1.80 bits per heavy atom. The molecule has 6 nitrogen and oxygen atoms in total. The molecule has 1 aromatic heterocycles. The molecule has 0 saturated carbocycles. The molecule has 2 N–H and O–H groups in total. The molecule has 0 spiro atoms. The molecule has 0 fully saturated rings. The van der Waals surface area contributed by atoms with Gasteiger partial charge in [0.2, 0.25) is 5.91 Å². The molecule has 0 saturated heterocycles. The molecule has 2 atom stereocenters. The summed E-state index contributed by atoms with van der Waals surface area (Å²) in [6.45, 7) is 4.05. The number of aromatic nitrogens is 2. The Labute approximate surface area is 178 Å². The van der Waals surface area contributed by atoms with E-state index in [9.17, 15) is 13.2 Å². The van der Waals surface area contributed by atoms with Crippen LogP contribution >= 0.6 is 0 Å². The molecule has 2 aromatic carbocycles. The minimum Gasteiger partial charge on any atom is -0.345 e.